The van der Waals surface area contributed by atoms with Crippen molar-refractivity contribution in [3.63, 3.8) is 0 Å². The van der Waals surface area contributed by atoms with E-state index in [0.717, 1.165) is 6.42 Å². The molecule has 1 unspecified atom stereocenters. The average Bonchev–Trinajstić information content (AvgIpc) is 2.76. The molecule has 1 aromatic rings. The summed E-state index contributed by atoms with van der Waals surface area (Å²) < 4.78 is 28.3. The summed E-state index contributed by atoms with van der Waals surface area (Å²) in [5.41, 5.74) is 1.19. The molecule has 0 spiro atoms. The van der Waals surface area contributed by atoms with Gasteiger partial charge in [0.15, 0.2) is 9.84 Å². The molecule has 1 heterocycles. The molecule has 0 bridgehead atoms. The molecule has 1 fully saturated rings. The summed E-state index contributed by atoms with van der Waals surface area (Å²) in [7, 11) is -2.84. The molecule has 20 heavy (non-hydrogen) atoms. The summed E-state index contributed by atoms with van der Waals surface area (Å²) >= 11 is 5.12. The van der Waals surface area contributed by atoms with Crippen LogP contribution in [0.4, 0.5) is 0 Å². The third-order valence-corrected chi connectivity index (χ3v) is 5.44. The van der Waals surface area contributed by atoms with Gasteiger partial charge in [-0.15, -0.1) is 0 Å². The summed E-state index contributed by atoms with van der Waals surface area (Å²) in [6.45, 7) is 2.63. The number of thiocarbonyl (C=S) groups is 1. The zero-order valence-corrected chi connectivity index (χ0v) is 13.1. The predicted octanol–water partition coefficient (Wildman–Crippen LogP) is 1.94. The third kappa shape index (κ3) is 4.45. The van der Waals surface area contributed by atoms with Crippen LogP contribution in [-0.2, 0) is 16.3 Å². The van der Waals surface area contributed by atoms with E-state index in [0.29, 0.717) is 23.9 Å². The van der Waals surface area contributed by atoms with Crippen LogP contribution in [0, 0.1) is 5.92 Å². The average molecular weight is 313 g/mol. The van der Waals surface area contributed by atoms with Gasteiger partial charge in [-0.3, -0.25) is 0 Å². The minimum absolute atomic E-state index is 0.128. The smallest absolute Gasteiger partial charge is 0.262 e. The molecule has 0 amide bonds. The number of sulfone groups is 1. The lowest BCUT2D eigenvalue weighted by Gasteiger charge is -2.12. The maximum Gasteiger partial charge on any atom is 0.262 e. The fourth-order valence-corrected chi connectivity index (χ4v) is 4.27. The molecular weight excluding hydrogens is 294 g/mol. The lowest BCUT2D eigenvalue weighted by molar-refractivity contribution is 0.501. The second-order valence-corrected chi connectivity index (χ2v) is 7.64. The summed E-state index contributed by atoms with van der Waals surface area (Å²) in [6, 6.07) is 7.77. The Morgan fingerprint density at radius 2 is 2.30 bits per heavy atom. The highest BCUT2D eigenvalue weighted by Gasteiger charge is 2.27. The van der Waals surface area contributed by atoms with Gasteiger partial charge >= 0.3 is 0 Å². The van der Waals surface area contributed by atoms with E-state index in [1.54, 1.807) is 0 Å². The molecule has 1 N–H and O–H groups in total. The molecule has 1 aliphatic heterocycles. The fraction of sp³-hybridized carbons (Fsp3) is 0.500. The quantitative estimate of drug-likeness (QED) is 0.861. The molecule has 110 valence electrons. The Labute approximate surface area is 125 Å². The number of rotatable bonds is 4. The van der Waals surface area contributed by atoms with Crippen molar-refractivity contribution >= 4 is 27.2 Å². The number of benzene rings is 1. The first-order valence-electron chi connectivity index (χ1n) is 6.73. The standard InChI is InChI=1S/C14H19NO3S2/c1-2-11-4-3-5-13(8-11)18-14(19)15-9-12-6-7-20(16,17)10-12/h3-5,8,12H,2,6-7,9-10H2,1H3,(H,15,19). The number of nitrogens with one attached hydrogen (secondary N) is 1. The van der Waals surface area contributed by atoms with E-state index in [4.69, 9.17) is 17.0 Å². The fourth-order valence-electron chi connectivity index (χ4n) is 2.23. The Balaban J connectivity index is 1.81. The SMILES string of the molecule is CCc1cccc(OC(=S)NCC2CCS(=O)(=O)C2)c1. The first-order chi connectivity index (χ1) is 9.48. The molecule has 0 radical (unpaired) electrons. The van der Waals surface area contributed by atoms with Gasteiger partial charge in [-0.2, -0.15) is 0 Å². The molecule has 1 atom stereocenters. The van der Waals surface area contributed by atoms with Gasteiger partial charge < -0.3 is 10.1 Å². The lowest BCUT2D eigenvalue weighted by Crippen LogP contribution is -2.31. The molecule has 1 aliphatic rings. The zero-order valence-electron chi connectivity index (χ0n) is 11.5. The van der Waals surface area contributed by atoms with Crippen molar-refractivity contribution in [2.24, 2.45) is 5.92 Å². The van der Waals surface area contributed by atoms with Gasteiger partial charge in [0.25, 0.3) is 5.17 Å². The maximum absolute atomic E-state index is 11.4. The highest BCUT2D eigenvalue weighted by molar-refractivity contribution is 7.91. The lowest BCUT2D eigenvalue weighted by atomic mass is 10.1. The van der Waals surface area contributed by atoms with Crippen LogP contribution in [0.25, 0.3) is 0 Å². The van der Waals surface area contributed by atoms with Crippen molar-refractivity contribution in [3.8, 4) is 5.75 Å². The van der Waals surface area contributed by atoms with E-state index in [2.05, 4.69) is 12.2 Å². The van der Waals surface area contributed by atoms with Gasteiger partial charge in [0.05, 0.1) is 11.5 Å². The molecule has 0 saturated carbocycles. The van der Waals surface area contributed by atoms with Gasteiger partial charge in [-0.1, -0.05) is 19.1 Å². The van der Waals surface area contributed by atoms with Crippen LogP contribution in [0.3, 0.4) is 0 Å². The van der Waals surface area contributed by atoms with E-state index >= 15 is 0 Å². The van der Waals surface area contributed by atoms with Gasteiger partial charge in [0.2, 0.25) is 0 Å². The molecule has 6 heteroatoms. The second-order valence-electron chi connectivity index (χ2n) is 5.04. The molecule has 0 aromatic heterocycles. The van der Waals surface area contributed by atoms with Crippen LogP contribution in [0.15, 0.2) is 24.3 Å². The van der Waals surface area contributed by atoms with Crippen molar-refractivity contribution in [2.75, 3.05) is 18.1 Å². The maximum atomic E-state index is 11.4. The number of hydrogen-bond acceptors (Lipinski definition) is 4. The van der Waals surface area contributed by atoms with Crippen LogP contribution < -0.4 is 10.1 Å². The monoisotopic (exact) mass is 313 g/mol. The highest BCUT2D eigenvalue weighted by Crippen LogP contribution is 2.18. The Morgan fingerprint density at radius 3 is 2.95 bits per heavy atom. The van der Waals surface area contributed by atoms with Crippen molar-refractivity contribution < 1.29 is 13.2 Å². The molecular formula is C14H19NO3S2. The van der Waals surface area contributed by atoms with E-state index < -0.39 is 9.84 Å². The van der Waals surface area contributed by atoms with E-state index in [-0.39, 0.29) is 17.4 Å². The van der Waals surface area contributed by atoms with Crippen LogP contribution in [-0.4, -0.2) is 31.6 Å². The number of hydrogen-bond donors (Lipinski definition) is 1. The Kier molecular flexibility index (Phi) is 4.99. The molecule has 1 aromatic carbocycles. The number of ether oxygens (including phenoxy) is 1. The van der Waals surface area contributed by atoms with E-state index in [1.165, 1.54) is 5.56 Å². The zero-order chi connectivity index (χ0) is 14.6. The first kappa shape index (κ1) is 15.3. The van der Waals surface area contributed by atoms with Gasteiger partial charge in [-0.25, -0.2) is 8.42 Å². The Bertz CT molecular complexity index is 584. The second kappa shape index (κ2) is 6.54. The van der Waals surface area contributed by atoms with Crippen molar-refractivity contribution in [1.29, 1.82) is 0 Å². The Morgan fingerprint density at radius 1 is 1.50 bits per heavy atom. The van der Waals surface area contributed by atoms with E-state index in [9.17, 15) is 8.42 Å². The van der Waals surface area contributed by atoms with Crippen molar-refractivity contribution in [1.82, 2.24) is 5.32 Å². The van der Waals surface area contributed by atoms with Crippen molar-refractivity contribution in [3.05, 3.63) is 29.8 Å². The topological polar surface area (TPSA) is 55.4 Å². The molecule has 1 saturated heterocycles. The van der Waals surface area contributed by atoms with Gasteiger partial charge in [0.1, 0.15) is 5.75 Å². The Hall–Kier alpha value is -1.14. The minimum atomic E-state index is -2.84. The van der Waals surface area contributed by atoms with Crippen molar-refractivity contribution in [2.45, 2.75) is 19.8 Å². The summed E-state index contributed by atoms with van der Waals surface area (Å²) in [5, 5.41) is 3.29. The van der Waals surface area contributed by atoms with Crippen LogP contribution in [0.2, 0.25) is 0 Å². The first-order valence-corrected chi connectivity index (χ1v) is 8.96. The molecule has 0 aliphatic carbocycles. The molecule has 2 rings (SSSR count). The van der Waals surface area contributed by atoms with Crippen LogP contribution in [0.5, 0.6) is 5.75 Å². The van der Waals surface area contributed by atoms with Gasteiger partial charge in [-0.05, 0) is 48.7 Å². The van der Waals surface area contributed by atoms with Gasteiger partial charge in [0, 0.05) is 6.54 Å². The minimum Gasteiger partial charge on any atom is -0.432 e. The van der Waals surface area contributed by atoms with Crippen LogP contribution >= 0.6 is 12.2 Å². The summed E-state index contributed by atoms with van der Waals surface area (Å²) in [6.07, 6.45) is 1.64. The highest BCUT2D eigenvalue weighted by atomic mass is 32.2. The summed E-state index contributed by atoms with van der Waals surface area (Å²) in [5.74, 6) is 1.36. The van der Waals surface area contributed by atoms with E-state index in [1.807, 2.05) is 24.3 Å². The third-order valence-electron chi connectivity index (χ3n) is 3.38. The number of aryl methyl sites for hydroxylation is 1. The molecule has 4 nitrogen and oxygen atoms in total. The summed E-state index contributed by atoms with van der Waals surface area (Å²) in [4.78, 5) is 0. The normalized spacial score (nSPS) is 20.6. The predicted molar refractivity (Wildman–Crippen MR) is 83.8 cm³/mol. The van der Waals surface area contributed by atoms with Crippen LogP contribution in [0.1, 0.15) is 18.9 Å². The largest absolute Gasteiger partial charge is 0.432 e.